The van der Waals surface area contributed by atoms with E-state index in [0.29, 0.717) is 23.4 Å². The van der Waals surface area contributed by atoms with Crippen LogP contribution in [0.5, 0.6) is 0 Å². The standard InChI is InChI=1S/C13H20N2O2S/c1-9(2)8-14-18(16,17)12-4-5-13-11(7-12)6-10(3)15-13/h4-5,7,9-10,14-15H,6,8H2,1-3H3. The van der Waals surface area contributed by atoms with Crippen LogP contribution in [0.3, 0.4) is 0 Å². The molecule has 0 saturated heterocycles. The number of sulfonamides is 1. The van der Waals surface area contributed by atoms with Gasteiger partial charge in [-0.25, -0.2) is 13.1 Å². The van der Waals surface area contributed by atoms with Crippen LogP contribution in [0.1, 0.15) is 26.3 Å². The summed E-state index contributed by atoms with van der Waals surface area (Å²) >= 11 is 0. The molecule has 1 unspecified atom stereocenters. The lowest BCUT2D eigenvalue weighted by atomic mass is 10.1. The van der Waals surface area contributed by atoms with Crippen LogP contribution in [0.25, 0.3) is 0 Å². The van der Waals surface area contributed by atoms with Gasteiger partial charge in [0.1, 0.15) is 0 Å². The smallest absolute Gasteiger partial charge is 0.240 e. The highest BCUT2D eigenvalue weighted by Gasteiger charge is 2.21. The van der Waals surface area contributed by atoms with E-state index < -0.39 is 10.0 Å². The molecule has 2 N–H and O–H groups in total. The first-order valence-corrected chi connectivity index (χ1v) is 7.76. The average Bonchev–Trinajstić information content (AvgIpc) is 2.65. The van der Waals surface area contributed by atoms with Crippen LogP contribution in [-0.2, 0) is 16.4 Å². The Labute approximate surface area is 109 Å². The Morgan fingerprint density at radius 3 is 2.83 bits per heavy atom. The Bertz CT molecular complexity index is 538. The van der Waals surface area contributed by atoms with Gasteiger partial charge < -0.3 is 5.32 Å². The highest BCUT2D eigenvalue weighted by Crippen LogP contribution is 2.27. The van der Waals surface area contributed by atoms with Gasteiger partial charge >= 0.3 is 0 Å². The zero-order valence-electron chi connectivity index (χ0n) is 11.0. The molecule has 0 aliphatic carbocycles. The topological polar surface area (TPSA) is 58.2 Å². The normalized spacial score (nSPS) is 18.8. The number of anilines is 1. The van der Waals surface area contributed by atoms with E-state index in [-0.39, 0.29) is 0 Å². The van der Waals surface area contributed by atoms with Gasteiger partial charge in [0.05, 0.1) is 4.90 Å². The molecule has 1 aromatic rings. The summed E-state index contributed by atoms with van der Waals surface area (Å²) in [6.45, 7) is 6.52. The Kier molecular flexibility index (Phi) is 3.64. The van der Waals surface area contributed by atoms with E-state index in [0.717, 1.165) is 17.7 Å². The molecule has 1 aliphatic rings. The van der Waals surface area contributed by atoms with Gasteiger partial charge in [-0.05, 0) is 43.0 Å². The molecule has 100 valence electrons. The van der Waals surface area contributed by atoms with Crippen molar-refractivity contribution in [2.24, 2.45) is 5.92 Å². The highest BCUT2D eigenvalue weighted by molar-refractivity contribution is 7.89. The van der Waals surface area contributed by atoms with Crippen molar-refractivity contribution in [1.29, 1.82) is 0 Å². The Morgan fingerprint density at radius 1 is 1.44 bits per heavy atom. The molecule has 0 saturated carbocycles. The minimum Gasteiger partial charge on any atom is -0.382 e. The number of benzene rings is 1. The molecule has 1 aliphatic heterocycles. The van der Waals surface area contributed by atoms with Gasteiger partial charge in [0, 0.05) is 18.3 Å². The summed E-state index contributed by atoms with van der Waals surface area (Å²) in [6.07, 6.45) is 0.878. The molecule has 0 radical (unpaired) electrons. The van der Waals surface area contributed by atoms with Crippen LogP contribution in [0.2, 0.25) is 0 Å². The maximum atomic E-state index is 12.1. The number of hydrogen-bond donors (Lipinski definition) is 2. The Hall–Kier alpha value is -1.07. The van der Waals surface area contributed by atoms with Crippen molar-refractivity contribution >= 4 is 15.7 Å². The minimum absolute atomic E-state index is 0.302. The molecule has 18 heavy (non-hydrogen) atoms. The third-order valence-corrected chi connectivity index (χ3v) is 4.42. The Morgan fingerprint density at radius 2 is 2.17 bits per heavy atom. The summed E-state index contributed by atoms with van der Waals surface area (Å²) < 4.78 is 26.8. The second-order valence-corrected chi connectivity index (χ2v) is 7.08. The molecule has 2 rings (SSSR count). The van der Waals surface area contributed by atoms with E-state index in [1.54, 1.807) is 12.1 Å². The SMILES string of the molecule is CC(C)CNS(=O)(=O)c1ccc2c(c1)CC(C)N2. The van der Waals surface area contributed by atoms with Crippen LogP contribution in [0.4, 0.5) is 5.69 Å². The summed E-state index contributed by atoms with van der Waals surface area (Å²) in [5.41, 5.74) is 2.13. The second kappa shape index (κ2) is 4.90. The summed E-state index contributed by atoms with van der Waals surface area (Å²) in [4.78, 5) is 0.359. The summed E-state index contributed by atoms with van der Waals surface area (Å²) in [6, 6.07) is 5.66. The molecule has 0 aromatic heterocycles. The summed E-state index contributed by atoms with van der Waals surface area (Å²) in [7, 11) is -3.37. The van der Waals surface area contributed by atoms with Crippen LogP contribution in [0.15, 0.2) is 23.1 Å². The zero-order valence-corrected chi connectivity index (χ0v) is 11.8. The third kappa shape index (κ3) is 2.84. The van der Waals surface area contributed by atoms with Gasteiger partial charge in [-0.3, -0.25) is 0 Å². The summed E-state index contributed by atoms with van der Waals surface area (Å²) in [5.74, 6) is 0.302. The zero-order chi connectivity index (χ0) is 13.3. The first-order chi connectivity index (χ1) is 8.38. The van der Waals surface area contributed by atoms with Gasteiger partial charge in [0.15, 0.2) is 0 Å². The fraction of sp³-hybridized carbons (Fsp3) is 0.538. The lowest BCUT2D eigenvalue weighted by Crippen LogP contribution is -2.27. The quantitative estimate of drug-likeness (QED) is 0.878. The molecule has 1 aromatic carbocycles. The monoisotopic (exact) mass is 268 g/mol. The van der Waals surface area contributed by atoms with Gasteiger partial charge in [0.2, 0.25) is 10.0 Å². The van der Waals surface area contributed by atoms with Gasteiger partial charge in [-0.2, -0.15) is 0 Å². The largest absolute Gasteiger partial charge is 0.382 e. The fourth-order valence-electron chi connectivity index (χ4n) is 2.05. The molecule has 1 atom stereocenters. The van der Waals surface area contributed by atoms with Crippen LogP contribution in [-0.4, -0.2) is 21.0 Å². The first kappa shape index (κ1) is 13.4. The third-order valence-electron chi connectivity index (χ3n) is 3.00. The van der Waals surface area contributed by atoms with E-state index >= 15 is 0 Å². The van der Waals surface area contributed by atoms with E-state index in [4.69, 9.17) is 0 Å². The average molecular weight is 268 g/mol. The number of fused-ring (bicyclic) bond motifs is 1. The van der Waals surface area contributed by atoms with Crippen molar-refractivity contribution in [3.05, 3.63) is 23.8 Å². The maximum Gasteiger partial charge on any atom is 0.240 e. The maximum absolute atomic E-state index is 12.1. The van der Waals surface area contributed by atoms with E-state index in [1.165, 1.54) is 0 Å². The molecule has 4 nitrogen and oxygen atoms in total. The molecular formula is C13H20N2O2S. The molecule has 5 heteroatoms. The van der Waals surface area contributed by atoms with Gasteiger partial charge in [0.25, 0.3) is 0 Å². The first-order valence-electron chi connectivity index (χ1n) is 6.27. The Balaban J connectivity index is 2.22. The predicted octanol–water partition coefficient (Wildman–Crippen LogP) is 1.98. The second-order valence-electron chi connectivity index (χ2n) is 5.31. The van der Waals surface area contributed by atoms with Crippen molar-refractivity contribution in [2.75, 3.05) is 11.9 Å². The fourth-order valence-corrected chi connectivity index (χ4v) is 3.32. The van der Waals surface area contributed by atoms with Gasteiger partial charge in [-0.15, -0.1) is 0 Å². The van der Waals surface area contributed by atoms with Crippen molar-refractivity contribution in [3.63, 3.8) is 0 Å². The van der Waals surface area contributed by atoms with Crippen LogP contribution >= 0.6 is 0 Å². The van der Waals surface area contributed by atoms with Crippen LogP contribution < -0.4 is 10.0 Å². The lowest BCUT2D eigenvalue weighted by molar-refractivity contribution is 0.560. The highest BCUT2D eigenvalue weighted by atomic mass is 32.2. The number of nitrogens with one attached hydrogen (secondary N) is 2. The van der Waals surface area contributed by atoms with E-state index in [9.17, 15) is 8.42 Å². The molecule has 0 amide bonds. The molecule has 1 heterocycles. The van der Waals surface area contributed by atoms with Crippen molar-refractivity contribution in [3.8, 4) is 0 Å². The van der Waals surface area contributed by atoms with Crippen molar-refractivity contribution in [2.45, 2.75) is 38.1 Å². The van der Waals surface area contributed by atoms with E-state index in [2.05, 4.69) is 17.0 Å². The molecular weight excluding hydrogens is 248 g/mol. The minimum atomic E-state index is -3.37. The summed E-state index contributed by atoms with van der Waals surface area (Å²) in [5, 5.41) is 3.31. The van der Waals surface area contributed by atoms with E-state index in [1.807, 2.05) is 19.9 Å². The number of hydrogen-bond acceptors (Lipinski definition) is 3. The molecule has 0 spiro atoms. The van der Waals surface area contributed by atoms with Crippen molar-refractivity contribution in [1.82, 2.24) is 4.72 Å². The van der Waals surface area contributed by atoms with Crippen molar-refractivity contribution < 1.29 is 8.42 Å². The van der Waals surface area contributed by atoms with Gasteiger partial charge in [-0.1, -0.05) is 13.8 Å². The molecule has 0 fully saturated rings. The van der Waals surface area contributed by atoms with Crippen LogP contribution in [0, 0.1) is 5.92 Å². The predicted molar refractivity (Wildman–Crippen MR) is 73.3 cm³/mol. The molecule has 0 bridgehead atoms. The lowest BCUT2D eigenvalue weighted by Gasteiger charge is -2.10. The number of rotatable bonds is 4.